The van der Waals surface area contributed by atoms with Gasteiger partial charge in [-0.25, -0.2) is 4.79 Å². The molecule has 0 spiro atoms. The van der Waals surface area contributed by atoms with Crippen LogP contribution in [0.1, 0.15) is 18.4 Å². The van der Waals surface area contributed by atoms with E-state index in [-0.39, 0.29) is 18.1 Å². The lowest BCUT2D eigenvalue weighted by Gasteiger charge is -2.39. The van der Waals surface area contributed by atoms with Crippen LogP contribution in [0.2, 0.25) is 0 Å². The number of hydrogen-bond donors (Lipinski definition) is 1. The summed E-state index contributed by atoms with van der Waals surface area (Å²) in [5.41, 5.74) is 1.05. The number of imidazole rings is 1. The third kappa shape index (κ3) is 3.12. The van der Waals surface area contributed by atoms with Crippen LogP contribution in [-0.2, 0) is 28.6 Å². The molecule has 2 aromatic carbocycles. The molecule has 3 aromatic rings. The average molecular weight is 393 g/mol. The van der Waals surface area contributed by atoms with E-state index in [2.05, 4.69) is 0 Å². The molecule has 0 unspecified atom stereocenters. The Labute approximate surface area is 167 Å². The normalized spacial score (nSPS) is 16.1. The highest BCUT2D eigenvalue weighted by molar-refractivity contribution is 5.83. The molecule has 1 aliphatic heterocycles. The van der Waals surface area contributed by atoms with Crippen molar-refractivity contribution in [3.8, 4) is 0 Å². The first-order chi connectivity index (χ1) is 13.9. The van der Waals surface area contributed by atoms with Gasteiger partial charge >= 0.3 is 11.7 Å². The number of likely N-dealkylation sites (tertiary alicyclic amines) is 1. The highest BCUT2D eigenvalue weighted by Crippen LogP contribution is 2.36. The molecule has 2 heterocycles. The van der Waals surface area contributed by atoms with E-state index < -0.39 is 11.4 Å². The number of piperidine rings is 1. The van der Waals surface area contributed by atoms with Crippen LogP contribution in [0.3, 0.4) is 0 Å². The number of benzene rings is 2. The van der Waals surface area contributed by atoms with E-state index in [1.54, 1.807) is 11.9 Å². The molecule has 1 aliphatic rings. The Morgan fingerprint density at radius 1 is 0.966 bits per heavy atom. The Bertz CT molecular complexity index is 1120. The molecule has 1 aromatic heterocycles. The number of aryl methyl sites for hydroxylation is 1. The van der Waals surface area contributed by atoms with E-state index in [0.717, 1.165) is 16.6 Å². The highest BCUT2D eigenvalue weighted by atomic mass is 16.4. The lowest BCUT2D eigenvalue weighted by Crippen LogP contribution is -2.50. The van der Waals surface area contributed by atoms with Crippen LogP contribution < -0.4 is 5.69 Å². The summed E-state index contributed by atoms with van der Waals surface area (Å²) in [5.74, 6) is -1.03. The van der Waals surface area contributed by atoms with Crippen molar-refractivity contribution in [3.63, 3.8) is 0 Å². The van der Waals surface area contributed by atoms with Crippen LogP contribution >= 0.6 is 0 Å². The maximum absolute atomic E-state index is 12.9. The van der Waals surface area contributed by atoms with Crippen LogP contribution in [0.25, 0.3) is 11.0 Å². The van der Waals surface area contributed by atoms with Crippen molar-refractivity contribution in [2.24, 2.45) is 7.05 Å². The Hall–Kier alpha value is -3.35. The number of rotatable bonds is 4. The van der Waals surface area contributed by atoms with Crippen molar-refractivity contribution < 1.29 is 14.7 Å². The van der Waals surface area contributed by atoms with Gasteiger partial charge in [-0.2, -0.15) is 0 Å². The summed E-state index contributed by atoms with van der Waals surface area (Å²) in [6.45, 7) is 0.644. The zero-order valence-corrected chi connectivity index (χ0v) is 16.2. The van der Waals surface area contributed by atoms with Crippen LogP contribution in [0.4, 0.5) is 0 Å². The number of hydrogen-bond acceptors (Lipinski definition) is 3. The molecule has 7 heteroatoms. The zero-order chi connectivity index (χ0) is 20.6. The Kier molecular flexibility index (Phi) is 4.74. The van der Waals surface area contributed by atoms with Gasteiger partial charge in [0.15, 0.2) is 0 Å². The number of carboxylic acids is 1. The minimum atomic E-state index is -0.978. The molecule has 0 radical (unpaired) electrons. The fourth-order valence-electron chi connectivity index (χ4n) is 4.27. The summed E-state index contributed by atoms with van der Waals surface area (Å²) in [7, 11) is 1.69. The molecule has 7 nitrogen and oxygen atoms in total. The van der Waals surface area contributed by atoms with Crippen molar-refractivity contribution in [1.82, 2.24) is 14.0 Å². The quantitative estimate of drug-likeness (QED) is 0.735. The number of aliphatic carboxylic acids is 1. The summed E-state index contributed by atoms with van der Waals surface area (Å²) in [4.78, 5) is 39.2. The number of nitrogens with zero attached hydrogens (tertiary/aromatic N) is 3. The molecule has 0 atom stereocenters. The first kappa shape index (κ1) is 19.0. The lowest BCUT2D eigenvalue weighted by atomic mass is 9.73. The Morgan fingerprint density at radius 2 is 1.55 bits per heavy atom. The first-order valence-corrected chi connectivity index (χ1v) is 9.65. The molecule has 0 saturated carbocycles. The lowest BCUT2D eigenvalue weighted by molar-refractivity contribution is -0.148. The van der Waals surface area contributed by atoms with Gasteiger partial charge in [0.1, 0.15) is 6.54 Å². The predicted molar refractivity (Wildman–Crippen MR) is 109 cm³/mol. The number of carboxylic acid groups (broad SMARTS) is 1. The molecule has 0 bridgehead atoms. The number of para-hydroxylation sites is 2. The topological polar surface area (TPSA) is 84.5 Å². The van der Waals surface area contributed by atoms with E-state index >= 15 is 0 Å². The summed E-state index contributed by atoms with van der Waals surface area (Å²) in [6.07, 6.45) is 0.699. The van der Waals surface area contributed by atoms with Gasteiger partial charge in [-0.3, -0.25) is 18.7 Å². The second kappa shape index (κ2) is 7.24. The smallest absolute Gasteiger partial charge is 0.329 e. The van der Waals surface area contributed by atoms with Gasteiger partial charge < -0.3 is 10.0 Å². The van der Waals surface area contributed by atoms with Gasteiger partial charge in [0.05, 0.1) is 16.4 Å². The van der Waals surface area contributed by atoms with Crippen LogP contribution in [0.15, 0.2) is 59.4 Å². The van der Waals surface area contributed by atoms with Crippen LogP contribution in [0.5, 0.6) is 0 Å². The molecular formula is C22H23N3O4. The van der Waals surface area contributed by atoms with Crippen molar-refractivity contribution in [2.75, 3.05) is 13.1 Å². The SMILES string of the molecule is Cn1c(=O)n(CC(=O)N2CCC(C(=O)O)(c3ccccc3)CC2)c2ccccc21. The molecule has 1 amide bonds. The Balaban J connectivity index is 1.54. The standard InChI is InChI=1S/C22H23N3O4/c1-23-17-9-5-6-10-18(17)25(21(23)29)15-19(26)24-13-11-22(12-14-24,20(27)28)16-7-3-2-4-8-16/h2-10H,11-15H2,1H3,(H,27,28). The van der Waals surface area contributed by atoms with E-state index in [1.807, 2.05) is 54.6 Å². The summed E-state index contributed by atoms with van der Waals surface area (Å²) in [5, 5.41) is 9.91. The maximum atomic E-state index is 12.9. The van der Waals surface area contributed by atoms with E-state index in [0.29, 0.717) is 25.9 Å². The van der Waals surface area contributed by atoms with Crippen molar-refractivity contribution in [2.45, 2.75) is 24.8 Å². The molecule has 29 heavy (non-hydrogen) atoms. The fraction of sp³-hybridized carbons (Fsp3) is 0.318. The van der Waals surface area contributed by atoms with Crippen molar-refractivity contribution in [3.05, 3.63) is 70.6 Å². The first-order valence-electron chi connectivity index (χ1n) is 9.65. The van der Waals surface area contributed by atoms with E-state index in [4.69, 9.17) is 0 Å². The number of carbonyl (C=O) groups is 2. The van der Waals surface area contributed by atoms with E-state index in [9.17, 15) is 19.5 Å². The van der Waals surface area contributed by atoms with Crippen molar-refractivity contribution >= 4 is 22.9 Å². The maximum Gasteiger partial charge on any atom is 0.329 e. The third-order valence-corrected chi connectivity index (χ3v) is 6.05. The molecular weight excluding hydrogens is 370 g/mol. The van der Waals surface area contributed by atoms with Gasteiger partial charge in [-0.1, -0.05) is 42.5 Å². The molecule has 1 saturated heterocycles. The molecule has 150 valence electrons. The van der Waals surface area contributed by atoms with E-state index in [1.165, 1.54) is 9.13 Å². The molecule has 0 aliphatic carbocycles. The van der Waals surface area contributed by atoms with Crippen LogP contribution in [0, 0.1) is 0 Å². The number of amides is 1. The minimum absolute atomic E-state index is 0.0500. The van der Waals surface area contributed by atoms with Crippen molar-refractivity contribution in [1.29, 1.82) is 0 Å². The van der Waals surface area contributed by atoms with Gasteiger partial charge in [-0.15, -0.1) is 0 Å². The van der Waals surface area contributed by atoms with Gasteiger partial charge in [-0.05, 0) is 30.5 Å². The van der Waals surface area contributed by atoms with Gasteiger partial charge in [0.2, 0.25) is 5.91 Å². The summed E-state index contributed by atoms with van der Waals surface area (Å²) in [6, 6.07) is 16.6. The zero-order valence-electron chi connectivity index (χ0n) is 16.2. The number of carbonyl (C=O) groups excluding carboxylic acids is 1. The molecule has 1 fully saturated rings. The van der Waals surface area contributed by atoms with Crippen LogP contribution in [-0.4, -0.2) is 44.1 Å². The highest BCUT2D eigenvalue weighted by Gasteiger charge is 2.43. The average Bonchev–Trinajstić information content (AvgIpc) is 2.99. The molecule has 4 rings (SSSR count). The minimum Gasteiger partial charge on any atom is -0.481 e. The van der Waals surface area contributed by atoms with Gasteiger partial charge in [0.25, 0.3) is 0 Å². The Morgan fingerprint density at radius 3 is 2.17 bits per heavy atom. The fourth-order valence-corrected chi connectivity index (χ4v) is 4.27. The third-order valence-electron chi connectivity index (χ3n) is 6.05. The number of aromatic nitrogens is 2. The monoisotopic (exact) mass is 393 g/mol. The number of fused-ring (bicyclic) bond motifs is 1. The second-order valence-electron chi connectivity index (χ2n) is 7.55. The van der Waals surface area contributed by atoms with Gasteiger partial charge in [0, 0.05) is 20.1 Å². The largest absolute Gasteiger partial charge is 0.481 e. The summed E-state index contributed by atoms with van der Waals surface area (Å²) < 4.78 is 3.01. The predicted octanol–water partition coefficient (Wildman–Crippen LogP) is 1.99. The molecule has 1 N–H and O–H groups in total. The second-order valence-corrected chi connectivity index (χ2v) is 7.55. The summed E-state index contributed by atoms with van der Waals surface area (Å²) >= 11 is 0.